The van der Waals surface area contributed by atoms with Crippen molar-refractivity contribution in [3.05, 3.63) is 88.0 Å². The molecule has 4 aromatic rings. The minimum absolute atomic E-state index is 0.0423. The van der Waals surface area contributed by atoms with E-state index in [1.165, 1.54) is 6.07 Å². The molecular formula is C21H15N5O4. The van der Waals surface area contributed by atoms with Crippen LogP contribution in [0.2, 0.25) is 0 Å². The van der Waals surface area contributed by atoms with Crippen LogP contribution in [0.25, 0.3) is 22.4 Å². The average Bonchev–Trinajstić information content (AvgIpc) is 3.18. The topological polar surface area (TPSA) is 144 Å². The predicted octanol–water partition coefficient (Wildman–Crippen LogP) is 3.49. The molecule has 9 nitrogen and oxygen atoms in total. The number of non-ortho nitro benzene ring substituents is 1. The number of para-hydroxylation sites is 2. The highest BCUT2D eigenvalue weighted by Crippen LogP contribution is 2.23. The van der Waals surface area contributed by atoms with Gasteiger partial charge in [-0.1, -0.05) is 12.1 Å². The largest absolute Gasteiger partial charge is 0.366 e. The fourth-order valence-electron chi connectivity index (χ4n) is 2.99. The molecule has 0 aliphatic heterocycles. The highest BCUT2D eigenvalue weighted by atomic mass is 16.6. The van der Waals surface area contributed by atoms with E-state index in [4.69, 9.17) is 5.73 Å². The summed E-state index contributed by atoms with van der Waals surface area (Å²) in [5, 5.41) is 13.7. The monoisotopic (exact) mass is 401 g/mol. The molecule has 0 saturated carbocycles. The number of nitrogens with zero attached hydrogens (tertiary/aromatic N) is 2. The Morgan fingerprint density at radius 3 is 2.37 bits per heavy atom. The van der Waals surface area contributed by atoms with E-state index in [1.54, 1.807) is 24.3 Å². The number of hydrogen-bond donors (Lipinski definition) is 3. The van der Waals surface area contributed by atoms with Gasteiger partial charge in [0.1, 0.15) is 5.82 Å². The Morgan fingerprint density at radius 1 is 1.00 bits per heavy atom. The van der Waals surface area contributed by atoms with Gasteiger partial charge in [-0.25, -0.2) is 4.98 Å². The number of primary amides is 1. The minimum atomic E-state index is -0.858. The van der Waals surface area contributed by atoms with Crippen molar-refractivity contribution in [1.82, 2.24) is 9.97 Å². The molecule has 30 heavy (non-hydrogen) atoms. The lowest BCUT2D eigenvalue weighted by atomic mass is 10.1. The molecule has 148 valence electrons. The second kappa shape index (κ2) is 7.47. The number of aromatic nitrogens is 2. The van der Waals surface area contributed by atoms with Crippen molar-refractivity contribution >= 4 is 34.2 Å². The van der Waals surface area contributed by atoms with E-state index >= 15 is 0 Å². The minimum Gasteiger partial charge on any atom is -0.366 e. The van der Waals surface area contributed by atoms with Gasteiger partial charge in [-0.2, -0.15) is 0 Å². The van der Waals surface area contributed by atoms with E-state index < -0.39 is 22.4 Å². The van der Waals surface area contributed by atoms with E-state index in [9.17, 15) is 19.7 Å². The van der Waals surface area contributed by atoms with Gasteiger partial charge < -0.3 is 16.0 Å². The lowest BCUT2D eigenvalue weighted by Gasteiger charge is -2.07. The molecule has 3 aromatic carbocycles. The molecule has 1 aromatic heterocycles. The summed E-state index contributed by atoms with van der Waals surface area (Å²) in [7, 11) is 0. The number of rotatable bonds is 5. The zero-order valence-electron chi connectivity index (χ0n) is 15.5. The van der Waals surface area contributed by atoms with Crippen LogP contribution in [0.3, 0.4) is 0 Å². The Balaban J connectivity index is 1.56. The molecule has 4 N–H and O–H groups in total. The van der Waals surface area contributed by atoms with E-state index in [0.29, 0.717) is 11.5 Å². The summed E-state index contributed by atoms with van der Waals surface area (Å²) in [5.41, 5.74) is 7.73. The molecule has 9 heteroatoms. The number of benzene rings is 3. The summed E-state index contributed by atoms with van der Waals surface area (Å²) in [6, 6.07) is 17.9. The molecule has 0 atom stereocenters. The first-order valence-corrected chi connectivity index (χ1v) is 8.86. The Morgan fingerprint density at radius 2 is 1.70 bits per heavy atom. The van der Waals surface area contributed by atoms with Gasteiger partial charge >= 0.3 is 0 Å². The SMILES string of the molecule is NC(=O)c1cc(C(=O)Nc2ccc(-c3nc4ccccc4[nH]3)cc2)cc([N+](=O)[O-])c1. The van der Waals surface area contributed by atoms with Gasteiger partial charge in [0.25, 0.3) is 11.6 Å². The summed E-state index contributed by atoms with van der Waals surface area (Å²) in [5.74, 6) is -0.764. The van der Waals surface area contributed by atoms with Crippen LogP contribution in [0, 0.1) is 10.1 Å². The number of nitro benzene ring substituents is 1. The van der Waals surface area contributed by atoms with Gasteiger partial charge in [-0.05, 0) is 42.5 Å². The van der Waals surface area contributed by atoms with E-state index in [-0.39, 0.29) is 11.1 Å². The first-order valence-electron chi connectivity index (χ1n) is 8.86. The lowest BCUT2D eigenvalue weighted by Crippen LogP contribution is -2.16. The molecule has 2 amide bonds. The molecule has 0 spiro atoms. The summed E-state index contributed by atoms with van der Waals surface area (Å²) >= 11 is 0. The van der Waals surface area contributed by atoms with Crippen molar-refractivity contribution < 1.29 is 14.5 Å². The van der Waals surface area contributed by atoms with Gasteiger partial charge in [0.05, 0.1) is 16.0 Å². The van der Waals surface area contributed by atoms with Crippen LogP contribution < -0.4 is 11.1 Å². The third-order valence-electron chi connectivity index (χ3n) is 4.48. The summed E-state index contributed by atoms with van der Waals surface area (Å²) in [6.45, 7) is 0. The van der Waals surface area contributed by atoms with Gasteiger partial charge in [0.15, 0.2) is 0 Å². The highest BCUT2D eigenvalue weighted by Gasteiger charge is 2.17. The predicted molar refractivity (Wildman–Crippen MR) is 111 cm³/mol. The number of amides is 2. The Bertz CT molecular complexity index is 1230. The maximum Gasteiger partial charge on any atom is 0.271 e. The second-order valence-corrected chi connectivity index (χ2v) is 6.52. The number of carbonyl (C=O) groups is 2. The number of H-pyrrole nitrogens is 1. The number of fused-ring (bicyclic) bond motifs is 1. The van der Waals surface area contributed by atoms with Crippen molar-refractivity contribution in [3.8, 4) is 11.4 Å². The first kappa shape index (κ1) is 18.8. The number of carbonyl (C=O) groups excluding carboxylic acids is 2. The van der Waals surface area contributed by atoms with Gasteiger partial charge in [-0.15, -0.1) is 0 Å². The number of nitrogens with one attached hydrogen (secondary N) is 2. The number of aromatic amines is 1. The number of anilines is 1. The fraction of sp³-hybridized carbons (Fsp3) is 0. The second-order valence-electron chi connectivity index (χ2n) is 6.52. The lowest BCUT2D eigenvalue weighted by molar-refractivity contribution is -0.384. The summed E-state index contributed by atoms with van der Waals surface area (Å²) < 4.78 is 0. The van der Waals surface area contributed by atoms with Crippen molar-refractivity contribution in [2.45, 2.75) is 0 Å². The molecule has 0 unspecified atom stereocenters. The van der Waals surface area contributed by atoms with Crippen LogP contribution in [0.4, 0.5) is 11.4 Å². The molecule has 4 rings (SSSR count). The van der Waals surface area contributed by atoms with Crippen LogP contribution in [0.1, 0.15) is 20.7 Å². The Kier molecular flexibility index (Phi) is 4.69. The molecule has 0 aliphatic carbocycles. The smallest absolute Gasteiger partial charge is 0.271 e. The molecule has 0 fully saturated rings. The maximum atomic E-state index is 12.5. The third-order valence-corrected chi connectivity index (χ3v) is 4.48. The molecule has 0 aliphatic rings. The molecule has 0 bridgehead atoms. The van der Waals surface area contributed by atoms with Crippen LogP contribution in [0.5, 0.6) is 0 Å². The average molecular weight is 401 g/mol. The van der Waals surface area contributed by atoms with Crippen molar-refractivity contribution in [1.29, 1.82) is 0 Å². The number of nitrogens with two attached hydrogens (primary N) is 1. The van der Waals surface area contributed by atoms with Gasteiger partial charge in [0.2, 0.25) is 5.91 Å². The van der Waals surface area contributed by atoms with Crippen molar-refractivity contribution in [3.63, 3.8) is 0 Å². The normalized spacial score (nSPS) is 10.7. The quantitative estimate of drug-likeness (QED) is 0.346. The van der Waals surface area contributed by atoms with Gasteiger partial charge in [0, 0.05) is 34.5 Å². The fourth-order valence-corrected chi connectivity index (χ4v) is 2.99. The van der Waals surface area contributed by atoms with Crippen LogP contribution in [0.15, 0.2) is 66.7 Å². The highest BCUT2D eigenvalue weighted by molar-refractivity contribution is 6.06. The van der Waals surface area contributed by atoms with Crippen molar-refractivity contribution in [2.24, 2.45) is 5.73 Å². The molecule has 1 heterocycles. The van der Waals surface area contributed by atoms with E-state index in [1.807, 2.05) is 24.3 Å². The Hall–Kier alpha value is -4.53. The standard InChI is InChI=1S/C21H15N5O4/c22-19(27)13-9-14(11-16(10-13)26(29)30)21(28)23-15-7-5-12(6-8-15)20-24-17-3-1-2-4-18(17)25-20/h1-11H,(H2,22,27)(H,23,28)(H,24,25). The number of imidazole rings is 1. The zero-order chi connectivity index (χ0) is 21.3. The molecular weight excluding hydrogens is 386 g/mol. The third kappa shape index (κ3) is 3.72. The number of nitro groups is 1. The summed E-state index contributed by atoms with van der Waals surface area (Å²) in [6.07, 6.45) is 0. The van der Waals surface area contributed by atoms with E-state index in [0.717, 1.165) is 28.7 Å². The zero-order valence-corrected chi connectivity index (χ0v) is 15.5. The number of hydrogen-bond acceptors (Lipinski definition) is 5. The van der Waals surface area contributed by atoms with E-state index in [2.05, 4.69) is 15.3 Å². The molecule has 0 saturated heterocycles. The van der Waals surface area contributed by atoms with Crippen LogP contribution >= 0.6 is 0 Å². The van der Waals surface area contributed by atoms with Crippen molar-refractivity contribution in [2.75, 3.05) is 5.32 Å². The van der Waals surface area contributed by atoms with Gasteiger partial charge in [-0.3, -0.25) is 19.7 Å². The van der Waals surface area contributed by atoms with Crippen LogP contribution in [-0.2, 0) is 0 Å². The van der Waals surface area contributed by atoms with Crippen LogP contribution in [-0.4, -0.2) is 26.7 Å². The maximum absolute atomic E-state index is 12.5. The first-order chi connectivity index (χ1) is 14.4. The molecule has 0 radical (unpaired) electrons. The Labute approximate surface area is 169 Å². The summed E-state index contributed by atoms with van der Waals surface area (Å²) in [4.78, 5) is 42.1.